The van der Waals surface area contributed by atoms with Gasteiger partial charge < -0.3 is 9.64 Å². The molecule has 1 heterocycles. The first-order valence-electron chi connectivity index (χ1n) is 7.49. The van der Waals surface area contributed by atoms with Crippen LogP contribution in [-0.4, -0.2) is 37.1 Å². The first kappa shape index (κ1) is 15.5. The van der Waals surface area contributed by atoms with Gasteiger partial charge in [0.05, 0.1) is 6.61 Å². The Labute approximate surface area is 112 Å². The highest BCUT2D eigenvalue weighted by Gasteiger charge is 2.20. The van der Waals surface area contributed by atoms with Gasteiger partial charge in [-0.2, -0.15) is 0 Å². The number of rotatable bonds is 7. The summed E-state index contributed by atoms with van der Waals surface area (Å²) in [4.78, 5) is 13.7. The summed E-state index contributed by atoms with van der Waals surface area (Å²) < 4.78 is 4.92. The predicted molar refractivity (Wildman–Crippen MR) is 74.5 cm³/mol. The SMILES string of the molecule is CCOC(=O)CCCCCN1CC(C)CC(C)C1. The van der Waals surface area contributed by atoms with Crippen molar-refractivity contribution in [1.29, 1.82) is 0 Å². The van der Waals surface area contributed by atoms with Gasteiger partial charge in [0, 0.05) is 19.5 Å². The minimum absolute atomic E-state index is 0.0438. The van der Waals surface area contributed by atoms with Gasteiger partial charge in [-0.15, -0.1) is 0 Å². The van der Waals surface area contributed by atoms with Crippen LogP contribution in [0.5, 0.6) is 0 Å². The van der Waals surface area contributed by atoms with E-state index in [1.807, 2.05) is 6.92 Å². The van der Waals surface area contributed by atoms with Crippen LogP contribution in [0.3, 0.4) is 0 Å². The average Bonchev–Trinajstić information content (AvgIpc) is 2.27. The van der Waals surface area contributed by atoms with Crippen molar-refractivity contribution < 1.29 is 9.53 Å². The molecule has 0 aliphatic carbocycles. The van der Waals surface area contributed by atoms with E-state index in [1.54, 1.807) is 0 Å². The Morgan fingerprint density at radius 2 is 1.83 bits per heavy atom. The average molecular weight is 255 g/mol. The van der Waals surface area contributed by atoms with E-state index in [-0.39, 0.29) is 5.97 Å². The molecule has 0 saturated carbocycles. The van der Waals surface area contributed by atoms with Crippen molar-refractivity contribution in [2.75, 3.05) is 26.2 Å². The molecular formula is C15H29NO2. The molecule has 18 heavy (non-hydrogen) atoms. The van der Waals surface area contributed by atoms with Crippen molar-refractivity contribution in [3.8, 4) is 0 Å². The van der Waals surface area contributed by atoms with Crippen LogP contribution in [0.2, 0.25) is 0 Å². The molecule has 0 N–H and O–H groups in total. The number of carbonyl (C=O) groups is 1. The highest BCUT2D eigenvalue weighted by Crippen LogP contribution is 2.21. The second-order valence-electron chi connectivity index (χ2n) is 5.82. The molecule has 0 radical (unpaired) electrons. The molecule has 2 unspecified atom stereocenters. The van der Waals surface area contributed by atoms with Crippen LogP contribution in [0.15, 0.2) is 0 Å². The van der Waals surface area contributed by atoms with Crippen LogP contribution in [0, 0.1) is 11.8 Å². The number of likely N-dealkylation sites (tertiary alicyclic amines) is 1. The lowest BCUT2D eigenvalue weighted by Gasteiger charge is -2.34. The molecule has 1 rings (SSSR count). The van der Waals surface area contributed by atoms with Crippen LogP contribution in [0.4, 0.5) is 0 Å². The number of hydrogen-bond acceptors (Lipinski definition) is 3. The minimum Gasteiger partial charge on any atom is -0.466 e. The van der Waals surface area contributed by atoms with E-state index >= 15 is 0 Å². The van der Waals surface area contributed by atoms with Crippen molar-refractivity contribution in [2.45, 2.75) is 52.9 Å². The summed E-state index contributed by atoms with van der Waals surface area (Å²) in [5.41, 5.74) is 0. The van der Waals surface area contributed by atoms with Gasteiger partial charge in [0.15, 0.2) is 0 Å². The summed E-state index contributed by atoms with van der Waals surface area (Å²) in [7, 11) is 0. The Morgan fingerprint density at radius 1 is 1.17 bits per heavy atom. The third-order valence-corrected chi connectivity index (χ3v) is 3.61. The number of esters is 1. The third-order valence-electron chi connectivity index (χ3n) is 3.61. The summed E-state index contributed by atoms with van der Waals surface area (Å²) in [6.45, 7) is 10.8. The van der Waals surface area contributed by atoms with Crippen LogP contribution >= 0.6 is 0 Å². The summed E-state index contributed by atoms with van der Waals surface area (Å²) in [5, 5.41) is 0. The van der Waals surface area contributed by atoms with Crippen LogP contribution in [0.1, 0.15) is 52.9 Å². The van der Waals surface area contributed by atoms with Gasteiger partial charge in [0.2, 0.25) is 0 Å². The second-order valence-corrected chi connectivity index (χ2v) is 5.82. The highest BCUT2D eigenvalue weighted by atomic mass is 16.5. The van der Waals surface area contributed by atoms with Crippen molar-refractivity contribution >= 4 is 5.97 Å². The Morgan fingerprint density at radius 3 is 2.44 bits per heavy atom. The molecule has 0 aromatic carbocycles. The van der Waals surface area contributed by atoms with Gasteiger partial charge in [0.25, 0.3) is 0 Å². The largest absolute Gasteiger partial charge is 0.466 e. The zero-order valence-electron chi connectivity index (χ0n) is 12.3. The number of hydrogen-bond donors (Lipinski definition) is 0. The smallest absolute Gasteiger partial charge is 0.305 e. The highest BCUT2D eigenvalue weighted by molar-refractivity contribution is 5.69. The second kappa shape index (κ2) is 8.52. The zero-order chi connectivity index (χ0) is 13.4. The molecule has 0 aromatic heterocycles. The molecule has 1 saturated heterocycles. The fraction of sp³-hybridized carbons (Fsp3) is 0.933. The molecule has 1 fully saturated rings. The topological polar surface area (TPSA) is 29.5 Å². The Kier molecular flexibility index (Phi) is 7.33. The predicted octanol–water partition coefficient (Wildman–Crippen LogP) is 3.09. The van der Waals surface area contributed by atoms with Gasteiger partial charge in [-0.25, -0.2) is 0 Å². The van der Waals surface area contributed by atoms with Gasteiger partial charge in [-0.1, -0.05) is 20.3 Å². The van der Waals surface area contributed by atoms with E-state index in [9.17, 15) is 4.79 Å². The van der Waals surface area contributed by atoms with E-state index in [0.29, 0.717) is 13.0 Å². The lowest BCUT2D eigenvalue weighted by atomic mass is 9.92. The molecule has 0 aromatic rings. The fourth-order valence-electron chi connectivity index (χ4n) is 2.99. The zero-order valence-corrected chi connectivity index (χ0v) is 12.3. The molecule has 1 aliphatic rings. The van der Waals surface area contributed by atoms with E-state index < -0.39 is 0 Å². The Hall–Kier alpha value is -0.570. The molecule has 3 heteroatoms. The number of nitrogens with zero attached hydrogens (tertiary/aromatic N) is 1. The summed E-state index contributed by atoms with van der Waals surface area (Å²) in [6, 6.07) is 0. The lowest BCUT2D eigenvalue weighted by molar-refractivity contribution is -0.143. The number of carbonyl (C=O) groups excluding carboxylic acids is 1. The minimum atomic E-state index is -0.0438. The van der Waals surface area contributed by atoms with E-state index in [4.69, 9.17) is 4.74 Å². The van der Waals surface area contributed by atoms with Gasteiger partial charge >= 0.3 is 5.97 Å². The Bertz CT molecular complexity index is 233. The molecule has 0 amide bonds. The molecule has 1 aliphatic heterocycles. The number of ether oxygens (including phenoxy) is 1. The van der Waals surface area contributed by atoms with Gasteiger partial charge in [-0.3, -0.25) is 4.79 Å². The number of unbranched alkanes of at least 4 members (excludes halogenated alkanes) is 2. The molecule has 3 nitrogen and oxygen atoms in total. The van der Waals surface area contributed by atoms with Crippen molar-refractivity contribution in [2.24, 2.45) is 11.8 Å². The first-order valence-corrected chi connectivity index (χ1v) is 7.49. The van der Waals surface area contributed by atoms with Crippen molar-refractivity contribution in [3.05, 3.63) is 0 Å². The maximum Gasteiger partial charge on any atom is 0.305 e. The maximum atomic E-state index is 11.2. The number of piperidine rings is 1. The van der Waals surface area contributed by atoms with E-state index in [2.05, 4.69) is 18.7 Å². The lowest BCUT2D eigenvalue weighted by Crippen LogP contribution is -2.39. The molecule has 2 atom stereocenters. The standard InChI is InChI=1S/C15H29NO2/c1-4-18-15(17)8-6-5-7-9-16-11-13(2)10-14(3)12-16/h13-14H,4-12H2,1-3H3. The van der Waals surface area contributed by atoms with E-state index in [0.717, 1.165) is 24.7 Å². The van der Waals surface area contributed by atoms with Crippen molar-refractivity contribution in [1.82, 2.24) is 4.90 Å². The quantitative estimate of drug-likeness (QED) is 0.517. The van der Waals surface area contributed by atoms with E-state index in [1.165, 1.54) is 32.5 Å². The maximum absolute atomic E-state index is 11.2. The third kappa shape index (κ3) is 6.39. The van der Waals surface area contributed by atoms with Crippen molar-refractivity contribution in [3.63, 3.8) is 0 Å². The normalized spacial score (nSPS) is 25.1. The summed E-state index contributed by atoms with van der Waals surface area (Å²) >= 11 is 0. The Balaban J connectivity index is 2.02. The fourth-order valence-corrected chi connectivity index (χ4v) is 2.99. The molecule has 0 spiro atoms. The summed E-state index contributed by atoms with van der Waals surface area (Å²) in [5.74, 6) is 1.64. The van der Waals surface area contributed by atoms with Crippen LogP contribution in [0.25, 0.3) is 0 Å². The van der Waals surface area contributed by atoms with Crippen LogP contribution < -0.4 is 0 Å². The monoisotopic (exact) mass is 255 g/mol. The molecular weight excluding hydrogens is 226 g/mol. The summed E-state index contributed by atoms with van der Waals surface area (Å²) in [6.07, 6.45) is 5.27. The van der Waals surface area contributed by atoms with Gasteiger partial charge in [0.1, 0.15) is 0 Å². The molecule has 106 valence electrons. The molecule has 0 bridgehead atoms. The van der Waals surface area contributed by atoms with Gasteiger partial charge in [-0.05, 0) is 44.6 Å². The van der Waals surface area contributed by atoms with Crippen LogP contribution in [-0.2, 0) is 9.53 Å². The first-order chi connectivity index (χ1) is 8.61.